The Hall–Kier alpha value is -4.85. The van der Waals surface area contributed by atoms with Gasteiger partial charge in [0, 0.05) is 41.6 Å². The van der Waals surface area contributed by atoms with Crippen LogP contribution in [-0.4, -0.2) is 51.3 Å². The average molecular weight is 630 g/mol. The summed E-state index contributed by atoms with van der Waals surface area (Å²) >= 11 is 0. The summed E-state index contributed by atoms with van der Waals surface area (Å²) in [5, 5.41) is 24.4. The fraction of sp³-hybridized carbons (Fsp3) is 0.250. The number of nitrogens with one attached hydrogen (secondary N) is 3. The lowest BCUT2D eigenvalue weighted by molar-refractivity contribution is 0.0947. The number of rotatable bonds is 14. The van der Waals surface area contributed by atoms with E-state index in [9.17, 15) is 18.3 Å². The number of β-amino-alcohol motifs (C(OH)–C–C–N with tert-alkyl or cyclic N) is 1. The van der Waals surface area contributed by atoms with Crippen molar-refractivity contribution in [2.75, 3.05) is 11.3 Å². The molecule has 2 aromatic heterocycles. The van der Waals surface area contributed by atoms with E-state index in [2.05, 4.69) is 44.4 Å². The molecule has 0 aliphatic carbocycles. The van der Waals surface area contributed by atoms with Crippen LogP contribution in [-0.2, 0) is 23.1 Å². The molecule has 45 heavy (non-hydrogen) atoms. The first kappa shape index (κ1) is 31.6. The molecule has 2 heterocycles. The second-order valence-electron chi connectivity index (χ2n) is 11.2. The Morgan fingerprint density at radius 1 is 1.04 bits per heavy atom. The number of aromatic nitrogens is 4. The van der Waals surface area contributed by atoms with Gasteiger partial charge < -0.3 is 24.7 Å². The maximum Gasteiger partial charge on any atom is 0.261 e. The molecular weight excluding hydrogens is 594 g/mol. The van der Waals surface area contributed by atoms with Crippen molar-refractivity contribution in [3.05, 3.63) is 115 Å². The third-order valence-corrected chi connectivity index (χ3v) is 8.62. The standard InChI is InChI=1S/C32H35N7O5S/c1-32(2,35-18-29(40)25-7-6-8-26(17-25)38-45(42,43)27-9-4-3-5-10-27)15-16-39-20-28(34-21-39)23-11-13-24(14-12-23)31(41)33-19-30-37-36-22-44-30/h3-14,17,20-22,29,35,38,40H,15-16,18-19H2,1-2H3,(H,33,41)/t29-/m0/s1. The van der Waals surface area contributed by atoms with Gasteiger partial charge in [0.2, 0.25) is 12.3 Å². The van der Waals surface area contributed by atoms with Crippen LogP contribution in [0.3, 0.4) is 0 Å². The summed E-state index contributed by atoms with van der Waals surface area (Å²) in [5.74, 6) is 0.0857. The smallest absolute Gasteiger partial charge is 0.261 e. The molecule has 3 aromatic carbocycles. The number of benzene rings is 3. The topological polar surface area (TPSA) is 164 Å². The van der Waals surface area contributed by atoms with Crippen LogP contribution in [0, 0.1) is 0 Å². The summed E-state index contributed by atoms with van der Waals surface area (Å²) in [6, 6.07) is 22.1. The number of aliphatic hydroxyl groups excluding tert-OH is 1. The molecule has 0 radical (unpaired) electrons. The van der Waals surface area contributed by atoms with E-state index in [0.717, 1.165) is 17.7 Å². The van der Waals surface area contributed by atoms with Crippen LogP contribution in [0.4, 0.5) is 5.69 Å². The number of sulfonamides is 1. The Bertz CT molecular complexity index is 1810. The minimum atomic E-state index is -3.73. The highest BCUT2D eigenvalue weighted by Crippen LogP contribution is 2.22. The highest BCUT2D eigenvalue weighted by molar-refractivity contribution is 7.92. The van der Waals surface area contributed by atoms with Crippen molar-refractivity contribution >= 4 is 21.6 Å². The molecule has 1 atom stereocenters. The van der Waals surface area contributed by atoms with Crippen LogP contribution in [0.1, 0.15) is 48.2 Å². The van der Waals surface area contributed by atoms with E-state index < -0.39 is 16.1 Å². The van der Waals surface area contributed by atoms with Crippen molar-refractivity contribution in [3.8, 4) is 11.3 Å². The lowest BCUT2D eigenvalue weighted by atomic mass is 9.99. The molecule has 0 saturated carbocycles. The number of hydrogen-bond acceptors (Lipinski definition) is 9. The highest BCUT2D eigenvalue weighted by Gasteiger charge is 2.20. The predicted molar refractivity (Wildman–Crippen MR) is 168 cm³/mol. The summed E-state index contributed by atoms with van der Waals surface area (Å²) in [7, 11) is -3.73. The number of aliphatic hydroxyl groups is 1. The van der Waals surface area contributed by atoms with Gasteiger partial charge in [0.05, 0.1) is 29.6 Å². The summed E-state index contributed by atoms with van der Waals surface area (Å²) in [5.41, 5.74) is 2.85. The number of nitrogens with zero attached hydrogens (tertiary/aromatic N) is 4. The number of carbonyl (C=O) groups is 1. The highest BCUT2D eigenvalue weighted by atomic mass is 32.2. The molecule has 0 fully saturated rings. The van der Waals surface area contributed by atoms with Gasteiger partial charge in [-0.25, -0.2) is 13.4 Å². The Morgan fingerprint density at radius 3 is 2.56 bits per heavy atom. The molecule has 4 N–H and O–H groups in total. The maximum atomic E-state index is 12.7. The summed E-state index contributed by atoms with van der Waals surface area (Å²) in [6.07, 6.45) is 4.86. The Balaban J connectivity index is 1.10. The predicted octanol–water partition coefficient (Wildman–Crippen LogP) is 4.16. The fourth-order valence-corrected chi connectivity index (χ4v) is 5.64. The Kier molecular flexibility index (Phi) is 9.71. The van der Waals surface area contributed by atoms with Crippen LogP contribution in [0.5, 0.6) is 0 Å². The summed E-state index contributed by atoms with van der Waals surface area (Å²) < 4.78 is 35.0. The lowest BCUT2D eigenvalue weighted by Crippen LogP contribution is -2.42. The molecular formula is C32H35N7O5S. The third kappa shape index (κ3) is 8.62. The van der Waals surface area contributed by atoms with Crippen molar-refractivity contribution in [1.82, 2.24) is 30.4 Å². The van der Waals surface area contributed by atoms with Crippen molar-refractivity contribution in [2.45, 2.75) is 49.9 Å². The zero-order chi connectivity index (χ0) is 31.9. The molecule has 0 unspecified atom stereocenters. The summed E-state index contributed by atoms with van der Waals surface area (Å²) in [4.78, 5) is 17.1. The lowest BCUT2D eigenvalue weighted by Gasteiger charge is -2.28. The number of hydrogen-bond donors (Lipinski definition) is 4. The molecule has 0 saturated heterocycles. The third-order valence-electron chi connectivity index (χ3n) is 7.23. The van der Waals surface area contributed by atoms with Crippen LogP contribution in [0.25, 0.3) is 11.3 Å². The van der Waals surface area contributed by atoms with Crippen molar-refractivity contribution < 1.29 is 22.7 Å². The molecule has 5 rings (SSSR count). The monoisotopic (exact) mass is 629 g/mol. The Morgan fingerprint density at radius 2 is 1.82 bits per heavy atom. The molecule has 13 heteroatoms. The molecule has 1 amide bonds. The number of anilines is 1. The number of imidazole rings is 1. The van der Waals surface area contributed by atoms with Gasteiger partial charge in [0.25, 0.3) is 15.9 Å². The van der Waals surface area contributed by atoms with E-state index in [4.69, 9.17) is 4.42 Å². The second kappa shape index (κ2) is 13.8. The largest absolute Gasteiger partial charge is 0.426 e. The van der Waals surface area contributed by atoms with E-state index in [1.807, 2.05) is 22.9 Å². The number of carbonyl (C=O) groups excluding carboxylic acids is 1. The van der Waals surface area contributed by atoms with Crippen molar-refractivity contribution in [2.24, 2.45) is 0 Å². The first-order valence-electron chi connectivity index (χ1n) is 14.3. The van der Waals surface area contributed by atoms with Gasteiger partial charge >= 0.3 is 0 Å². The van der Waals surface area contributed by atoms with E-state index in [1.165, 1.54) is 18.5 Å². The first-order valence-corrected chi connectivity index (χ1v) is 15.8. The Labute approximate surface area is 261 Å². The molecule has 5 aromatic rings. The first-order chi connectivity index (χ1) is 21.6. The van der Waals surface area contributed by atoms with Crippen LogP contribution >= 0.6 is 0 Å². The quantitative estimate of drug-likeness (QED) is 0.141. The molecule has 0 aliphatic rings. The van der Waals surface area contributed by atoms with Crippen molar-refractivity contribution in [1.29, 1.82) is 0 Å². The van der Waals surface area contributed by atoms with Crippen molar-refractivity contribution in [3.63, 3.8) is 0 Å². The molecule has 0 spiro atoms. The van der Waals surface area contributed by atoms with Crippen LogP contribution in [0.15, 0.2) is 107 Å². The van der Waals surface area contributed by atoms with Gasteiger partial charge in [-0.05, 0) is 62.2 Å². The molecule has 0 aliphatic heterocycles. The van der Waals surface area contributed by atoms with Gasteiger partial charge in [-0.2, -0.15) is 0 Å². The number of aryl methyl sites for hydroxylation is 1. The normalized spacial score (nSPS) is 12.5. The van der Waals surface area contributed by atoms with E-state index in [0.29, 0.717) is 29.2 Å². The minimum absolute atomic E-state index is 0.154. The van der Waals surface area contributed by atoms with E-state index in [1.54, 1.807) is 60.9 Å². The van der Waals surface area contributed by atoms with Gasteiger partial charge in [-0.15, -0.1) is 10.2 Å². The molecule has 12 nitrogen and oxygen atoms in total. The molecule has 0 bridgehead atoms. The average Bonchev–Trinajstić information content (AvgIpc) is 3.75. The fourth-order valence-electron chi connectivity index (χ4n) is 4.57. The SMILES string of the molecule is CC(C)(CCn1cnc(-c2ccc(C(=O)NCc3nnco3)cc2)c1)NC[C@H](O)c1cccc(NS(=O)(=O)c2ccccc2)c1. The summed E-state index contributed by atoms with van der Waals surface area (Å²) in [6.45, 7) is 5.25. The van der Waals surface area contributed by atoms with Crippen LogP contribution < -0.4 is 15.4 Å². The minimum Gasteiger partial charge on any atom is -0.426 e. The van der Waals surface area contributed by atoms with Gasteiger partial charge in [0.1, 0.15) is 0 Å². The number of amides is 1. The zero-order valence-electron chi connectivity index (χ0n) is 24.9. The zero-order valence-corrected chi connectivity index (χ0v) is 25.7. The maximum absolute atomic E-state index is 12.7. The van der Waals surface area contributed by atoms with Gasteiger partial charge in [-0.3, -0.25) is 9.52 Å². The van der Waals surface area contributed by atoms with E-state index in [-0.39, 0.29) is 29.4 Å². The molecule has 234 valence electrons. The van der Waals surface area contributed by atoms with Crippen LogP contribution in [0.2, 0.25) is 0 Å². The van der Waals surface area contributed by atoms with Gasteiger partial charge in [0.15, 0.2) is 0 Å². The van der Waals surface area contributed by atoms with E-state index >= 15 is 0 Å². The second-order valence-corrected chi connectivity index (χ2v) is 12.8. The van der Waals surface area contributed by atoms with Gasteiger partial charge in [-0.1, -0.05) is 42.5 Å².